The summed E-state index contributed by atoms with van der Waals surface area (Å²) in [7, 11) is 0. The molecule has 0 fully saturated rings. The fourth-order valence-electron chi connectivity index (χ4n) is 3.97. The molecule has 6 aromatic rings. The lowest BCUT2D eigenvalue weighted by atomic mass is 10.1. The SMILES string of the molecule is Cc1ccc2c(c1)c1nc3ccccc3nc1n2Cc1nnc(/C=C/c2ccccc2)o1. The summed E-state index contributed by atoms with van der Waals surface area (Å²) in [6.07, 6.45) is 3.78. The van der Waals surface area contributed by atoms with Crippen molar-refractivity contribution in [3.63, 3.8) is 0 Å². The largest absolute Gasteiger partial charge is 0.419 e. The number of para-hydroxylation sites is 2. The smallest absolute Gasteiger partial charge is 0.240 e. The number of aromatic nitrogens is 5. The van der Waals surface area contributed by atoms with Gasteiger partial charge in [0, 0.05) is 11.5 Å². The van der Waals surface area contributed by atoms with Crippen molar-refractivity contribution in [2.45, 2.75) is 13.5 Å². The normalized spacial score (nSPS) is 11.9. The number of rotatable bonds is 4. The molecule has 6 rings (SSSR count). The average molecular weight is 417 g/mol. The highest BCUT2D eigenvalue weighted by molar-refractivity contribution is 6.06. The lowest BCUT2D eigenvalue weighted by Crippen LogP contribution is -2.01. The van der Waals surface area contributed by atoms with Gasteiger partial charge in [-0.2, -0.15) is 0 Å². The predicted molar refractivity (Wildman–Crippen MR) is 126 cm³/mol. The molecule has 0 aliphatic heterocycles. The first-order valence-corrected chi connectivity index (χ1v) is 10.5. The second kappa shape index (κ2) is 7.42. The Morgan fingerprint density at radius 2 is 1.62 bits per heavy atom. The van der Waals surface area contributed by atoms with E-state index in [0.29, 0.717) is 18.3 Å². The zero-order valence-electron chi connectivity index (χ0n) is 17.4. The van der Waals surface area contributed by atoms with Crippen LogP contribution < -0.4 is 0 Å². The highest BCUT2D eigenvalue weighted by Gasteiger charge is 2.17. The third-order valence-electron chi connectivity index (χ3n) is 5.50. The zero-order valence-corrected chi connectivity index (χ0v) is 17.4. The molecule has 3 aromatic carbocycles. The minimum absolute atomic E-state index is 0.419. The van der Waals surface area contributed by atoms with Crippen molar-refractivity contribution in [2.24, 2.45) is 0 Å². The lowest BCUT2D eigenvalue weighted by molar-refractivity contribution is 0.475. The highest BCUT2D eigenvalue weighted by atomic mass is 16.4. The first kappa shape index (κ1) is 18.4. The van der Waals surface area contributed by atoms with Gasteiger partial charge in [-0.3, -0.25) is 0 Å². The fraction of sp³-hybridized carbons (Fsp3) is 0.0769. The van der Waals surface area contributed by atoms with E-state index in [1.165, 1.54) is 5.56 Å². The molecule has 0 saturated carbocycles. The number of hydrogen-bond donors (Lipinski definition) is 0. The van der Waals surface area contributed by atoms with Gasteiger partial charge in [0.1, 0.15) is 12.1 Å². The van der Waals surface area contributed by atoms with Gasteiger partial charge >= 0.3 is 0 Å². The quantitative estimate of drug-likeness (QED) is 0.371. The number of fused-ring (bicyclic) bond motifs is 4. The molecule has 6 heteroatoms. The molecule has 0 aliphatic carbocycles. The molecule has 32 heavy (non-hydrogen) atoms. The van der Waals surface area contributed by atoms with Gasteiger partial charge < -0.3 is 8.98 Å². The molecule has 6 nitrogen and oxygen atoms in total. The van der Waals surface area contributed by atoms with Gasteiger partial charge in [0.05, 0.1) is 16.6 Å². The number of aryl methyl sites for hydroxylation is 1. The number of hydrogen-bond acceptors (Lipinski definition) is 5. The van der Waals surface area contributed by atoms with Crippen LogP contribution in [0, 0.1) is 6.92 Å². The van der Waals surface area contributed by atoms with Crippen LogP contribution in [-0.4, -0.2) is 24.7 Å². The first-order valence-electron chi connectivity index (χ1n) is 10.5. The second-order valence-electron chi connectivity index (χ2n) is 7.77. The van der Waals surface area contributed by atoms with Crippen LogP contribution in [0.3, 0.4) is 0 Å². The molecule has 0 radical (unpaired) electrons. The Kier molecular flexibility index (Phi) is 4.28. The molecular weight excluding hydrogens is 398 g/mol. The van der Waals surface area contributed by atoms with Crippen molar-refractivity contribution in [3.05, 3.63) is 95.7 Å². The van der Waals surface area contributed by atoms with Crippen molar-refractivity contribution in [2.75, 3.05) is 0 Å². The molecular formula is C26H19N5O. The minimum atomic E-state index is 0.419. The van der Waals surface area contributed by atoms with E-state index in [1.807, 2.05) is 66.7 Å². The Bertz CT molecular complexity index is 1610. The molecule has 3 aromatic heterocycles. The molecule has 3 heterocycles. The Morgan fingerprint density at radius 3 is 2.47 bits per heavy atom. The van der Waals surface area contributed by atoms with Crippen molar-refractivity contribution in [1.29, 1.82) is 0 Å². The van der Waals surface area contributed by atoms with Crippen LogP contribution in [0.25, 0.3) is 45.3 Å². The van der Waals surface area contributed by atoms with Gasteiger partial charge in [-0.25, -0.2) is 9.97 Å². The Labute approximate surface area is 183 Å². The number of nitrogens with zero attached hydrogens (tertiary/aromatic N) is 5. The van der Waals surface area contributed by atoms with Crippen LogP contribution in [0.15, 0.2) is 77.2 Å². The lowest BCUT2D eigenvalue weighted by Gasteiger charge is -2.04. The van der Waals surface area contributed by atoms with E-state index >= 15 is 0 Å². The van der Waals surface area contributed by atoms with Crippen molar-refractivity contribution < 1.29 is 4.42 Å². The van der Waals surface area contributed by atoms with Crippen LogP contribution in [-0.2, 0) is 6.54 Å². The highest BCUT2D eigenvalue weighted by Crippen LogP contribution is 2.29. The van der Waals surface area contributed by atoms with Gasteiger partial charge in [-0.05, 0) is 42.8 Å². The van der Waals surface area contributed by atoms with Crippen LogP contribution in [0.5, 0.6) is 0 Å². The summed E-state index contributed by atoms with van der Waals surface area (Å²) in [4.78, 5) is 9.84. The van der Waals surface area contributed by atoms with E-state index in [4.69, 9.17) is 14.4 Å². The van der Waals surface area contributed by atoms with Gasteiger partial charge in [-0.15, -0.1) is 10.2 Å². The molecule has 0 unspecified atom stereocenters. The summed E-state index contributed by atoms with van der Waals surface area (Å²) >= 11 is 0. The van der Waals surface area contributed by atoms with E-state index in [1.54, 1.807) is 0 Å². The third kappa shape index (κ3) is 3.22. The third-order valence-corrected chi connectivity index (χ3v) is 5.50. The summed E-state index contributed by atoms with van der Waals surface area (Å²) in [6, 6.07) is 24.3. The monoisotopic (exact) mass is 417 g/mol. The minimum Gasteiger partial charge on any atom is -0.419 e. The van der Waals surface area contributed by atoms with Crippen molar-refractivity contribution in [1.82, 2.24) is 24.7 Å². The molecule has 0 spiro atoms. The van der Waals surface area contributed by atoms with Gasteiger partial charge in [-0.1, -0.05) is 54.1 Å². The molecule has 0 atom stereocenters. The zero-order chi connectivity index (χ0) is 21.5. The fourth-order valence-corrected chi connectivity index (χ4v) is 3.97. The van der Waals surface area contributed by atoms with Crippen LogP contribution in [0.1, 0.15) is 22.9 Å². The molecule has 0 N–H and O–H groups in total. The van der Waals surface area contributed by atoms with Crippen LogP contribution >= 0.6 is 0 Å². The van der Waals surface area contributed by atoms with E-state index in [0.717, 1.165) is 38.7 Å². The van der Waals surface area contributed by atoms with Gasteiger partial charge in [0.2, 0.25) is 11.8 Å². The van der Waals surface area contributed by atoms with Crippen LogP contribution in [0.2, 0.25) is 0 Å². The van der Waals surface area contributed by atoms with E-state index in [2.05, 4.69) is 39.9 Å². The van der Waals surface area contributed by atoms with Crippen LogP contribution in [0.4, 0.5) is 0 Å². The van der Waals surface area contributed by atoms with Crippen molar-refractivity contribution in [3.8, 4) is 0 Å². The number of benzene rings is 3. The summed E-state index contributed by atoms with van der Waals surface area (Å²) < 4.78 is 8.01. The molecule has 0 bridgehead atoms. The summed E-state index contributed by atoms with van der Waals surface area (Å²) in [5, 5.41) is 9.51. The van der Waals surface area contributed by atoms with Gasteiger partial charge in [0.25, 0.3) is 0 Å². The maximum absolute atomic E-state index is 5.91. The van der Waals surface area contributed by atoms with E-state index in [9.17, 15) is 0 Å². The first-order chi connectivity index (χ1) is 15.7. The average Bonchev–Trinajstić information content (AvgIpc) is 3.39. The summed E-state index contributed by atoms with van der Waals surface area (Å²) in [6.45, 7) is 2.50. The molecule has 0 amide bonds. The summed E-state index contributed by atoms with van der Waals surface area (Å²) in [5.41, 5.74) is 6.73. The van der Waals surface area contributed by atoms with E-state index < -0.39 is 0 Å². The second-order valence-corrected chi connectivity index (χ2v) is 7.77. The van der Waals surface area contributed by atoms with E-state index in [-0.39, 0.29) is 0 Å². The molecule has 0 saturated heterocycles. The Balaban J connectivity index is 1.44. The Hall–Kier alpha value is -4.32. The molecule has 0 aliphatic rings. The maximum atomic E-state index is 5.91. The standard InChI is InChI=1S/C26H19N5O/c1-17-11-13-22-19(15-17)25-26(28-21-10-6-5-9-20(21)27-25)31(22)16-24-30-29-23(32-24)14-12-18-7-3-2-4-8-18/h2-15H,16H2,1H3/b14-12+. The topological polar surface area (TPSA) is 69.6 Å². The molecule has 154 valence electrons. The van der Waals surface area contributed by atoms with Crippen molar-refractivity contribution >= 4 is 45.3 Å². The summed E-state index contributed by atoms with van der Waals surface area (Å²) in [5.74, 6) is 0.990. The van der Waals surface area contributed by atoms with Gasteiger partial charge in [0.15, 0.2) is 5.65 Å². The maximum Gasteiger partial charge on any atom is 0.240 e. The predicted octanol–water partition coefficient (Wildman–Crippen LogP) is 5.65. The Morgan fingerprint density at radius 1 is 0.844 bits per heavy atom.